The normalized spacial score (nSPS) is 11.3. The van der Waals surface area contributed by atoms with Crippen molar-refractivity contribution in [3.05, 3.63) is 139 Å². The Morgan fingerprint density at radius 2 is 0.917 bits per heavy atom. The zero-order chi connectivity index (χ0) is 25.0. The Kier molecular flexibility index (Phi) is 6.73. The summed E-state index contributed by atoms with van der Waals surface area (Å²) in [6, 6.07) is 47.9. The van der Waals surface area contributed by atoms with Gasteiger partial charge in [-0.2, -0.15) is 0 Å². The Bertz CT molecular complexity index is 1320. The fourth-order valence-corrected chi connectivity index (χ4v) is 4.58. The van der Waals surface area contributed by atoms with Crippen LogP contribution in [-0.4, -0.2) is 0 Å². The Hall–Kier alpha value is -4.10. The van der Waals surface area contributed by atoms with Crippen LogP contribution in [0.4, 0.5) is 17.1 Å². The zero-order valence-electron chi connectivity index (χ0n) is 21.4. The number of rotatable bonds is 7. The van der Waals surface area contributed by atoms with Crippen molar-refractivity contribution in [2.45, 2.75) is 32.6 Å². The van der Waals surface area contributed by atoms with Crippen molar-refractivity contribution in [2.75, 3.05) is 4.90 Å². The number of hydrogen-bond donors (Lipinski definition) is 0. The molecular weight excluding hydrogens is 434 g/mol. The number of anilines is 3. The molecule has 0 heterocycles. The first-order valence-electron chi connectivity index (χ1n) is 12.8. The molecule has 1 nitrogen and oxygen atoms in total. The summed E-state index contributed by atoms with van der Waals surface area (Å²) in [7, 11) is 0. The highest BCUT2D eigenvalue weighted by Crippen LogP contribution is 2.38. The minimum atomic E-state index is 0.121. The molecule has 0 unspecified atom stereocenters. The molecule has 0 spiro atoms. The van der Waals surface area contributed by atoms with Crippen LogP contribution in [-0.2, 0) is 5.41 Å². The SMILES string of the molecule is CCC(C)(C)c1cccc(N(c2ccc(-c3ccccc3)cc2)c2ccc(-c3ccccc3)cc2)c1. The number of benzene rings is 5. The summed E-state index contributed by atoms with van der Waals surface area (Å²) in [6.45, 7) is 6.90. The van der Waals surface area contributed by atoms with Crippen molar-refractivity contribution in [3.8, 4) is 22.3 Å². The number of nitrogens with zero attached hydrogens (tertiary/aromatic N) is 1. The Morgan fingerprint density at radius 1 is 0.472 bits per heavy atom. The van der Waals surface area contributed by atoms with Crippen LogP contribution < -0.4 is 4.90 Å². The highest BCUT2D eigenvalue weighted by Gasteiger charge is 2.20. The van der Waals surface area contributed by atoms with Gasteiger partial charge in [0.25, 0.3) is 0 Å². The van der Waals surface area contributed by atoms with Gasteiger partial charge in [-0.3, -0.25) is 0 Å². The Labute approximate surface area is 215 Å². The second-order valence-electron chi connectivity index (χ2n) is 9.95. The van der Waals surface area contributed by atoms with Crippen LogP contribution in [0.3, 0.4) is 0 Å². The highest BCUT2D eigenvalue weighted by molar-refractivity contribution is 5.80. The summed E-state index contributed by atoms with van der Waals surface area (Å²) in [6.07, 6.45) is 1.09. The van der Waals surface area contributed by atoms with Crippen molar-refractivity contribution in [3.63, 3.8) is 0 Å². The smallest absolute Gasteiger partial charge is 0.0464 e. The monoisotopic (exact) mass is 467 g/mol. The van der Waals surface area contributed by atoms with E-state index in [2.05, 4.69) is 159 Å². The van der Waals surface area contributed by atoms with Gasteiger partial charge in [0.1, 0.15) is 0 Å². The first-order chi connectivity index (χ1) is 17.5. The predicted octanol–water partition coefficient (Wildman–Crippen LogP) is 10.2. The van der Waals surface area contributed by atoms with Gasteiger partial charge in [0.05, 0.1) is 0 Å². The van der Waals surface area contributed by atoms with E-state index >= 15 is 0 Å². The van der Waals surface area contributed by atoms with Gasteiger partial charge in [0, 0.05) is 17.1 Å². The lowest BCUT2D eigenvalue weighted by Crippen LogP contribution is -2.17. The first kappa shape index (κ1) is 23.6. The lowest BCUT2D eigenvalue weighted by atomic mass is 9.82. The molecule has 5 rings (SSSR count). The fourth-order valence-electron chi connectivity index (χ4n) is 4.58. The van der Waals surface area contributed by atoms with Crippen LogP contribution in [0.1, 0.15) is 32.8 Å². The molecule has 0 saturated carbocycles. The molecular formula is C35H33N. The largest absolute Gasteiger partial charge is 0.310 e. The predicted molar refractivity (Wildman–Crippen MR) is 155 cm³/mol. The molecule has 0 saturated heterocycles. The van der Waals surface area contributed by atoms with Crippen LogP contribution in [0.5, 0.6) is 0 Å². The van der Waals surface area contributed by atoms with Gasteiger partial charge in [-0.15, -0.1) is 0 Å². The van der Waals surface area contributed by atoms with E-state index in [0.29, 0.717) is 0 Å². The van der Waals surface area contributed by atoms with Crippen LogP contribution in [0, 0.1) is 0 Å². The molecule has 5 aromatic carbocycles. The maximum absolute atomic E-state index is 2.36. The van der Waals surface area contributed by atoms with E-state index < -0.39 is 0 Å². The minimum Gasteiger partial charge on any atom is -0.310 e. The van der Waals surface area contributed by atoms with E-state index in [-0.39, 0.29) is 5.41 Å². The third-order valence-corrected chi connectivity index (χ3v) is 7.23. The van der Waals surface area contributed by atoms with E-state index in [1.165, 1.54) is 33.5 Å². The summed E-state index contributed by atoms with van der Waals surface area (Å²) in [5.74, 6) is 0. The molecule has 178 valence electrons. The molecule has 36 heavy (non-hydrogen) atoms. The molecule has 0 bridgehead atoms. The van der Waals surface area contributed by atoms with Crippen molar-refractivity contribution in [1.29, 1.82) is 0 Å². The van der Waals surface area contributed by atoms with E-state index in [1.54, 1.807) is 0 Å². The fraction of sp³-hybridized carbons (Fsp3) is 0.143. The lowest BCUT2D eigenvalue weighted by molar-refractivity contribution is 0.506. The molecule has 0 aliphatic rings. The maximum atomic E-state index is 2.36. The van der Waals surface area contributed by atoms with E-state index in [4.69, 9.17) is 0 Å². The Morgan fingerprint density at radius 3 is 1.36 bits per heavy atom. The Balaban J connectivity index is 1.58. The number of hydrogen-bond acceptors (Lipinski definition) is 1. The van der Waals surface area contributed by atoms with Crippen LogP contribution in [0.2, 0.25) is 0 Å². The standard InChI is InChI=1S/C35H33N/c1-4-35(2,3)31-16-11-17-34(26-31)36(32-22-18-29(19-23-32)27-12-7-5-8-13-27)33-24-20-30(21-25-33)28-14-9-6-10-15-28/h5-26H,4H2,1-3H3. The van der Waals surface area contributed by atoms with Crippen LogP contribution >= 0.6 is 0 Å². The van der Waals surface area contributed by atoms with Crippen molar-refractivity contribution >= 4 is 17.1 Å². The minimum absolute atomic E-state index is 0.121. The van der Waals surface area contributed by atoms with Gasteiger partial charge in [-0.05, 0) is 76.1 Å². The van der Waals surface area contributed by atoms with E-state index in [1.807, 2.05) is 0 Å². The summed E-state index contributed by atoms with van der Waals surface area (Å²) >= 11 is 0. The van der Waals surface area contributed by atoms with Crippen molar-refractivity contribution in [1.82, 2.24) is 0 Å². The molecule has 0 atom stereocenters. The third-order valence-electron chi connectivity index (χ3n) is 7.23. The van der Waals surface area contributed by atoms with Crippen LogP contribution in [0.15, 0.2) is 133 Å². The van der Waals surface area contributed by atoms with E-state index in [9.17, 15) is 0 Å². The molecule has 0 radical (unpaired) electrons. The average Bonchev–Trinajstić information content (AvgIpc) is 2.95. The molecule has 5 aromatic rings. The molecule has 0 aliphatic heterocycles. The molecule has 0 N–H and O–H groups in total. The van der Waals surface area contributed by atoms with Crippen LogP contribution in [0.25, 0.3) is 22.3 Å². The van der Waals surface area contributed by atoms with Gasteiger partial charge in [-0.25, -0.2) is 0 Å². The quantitative estimate of drug-likeness (QED) is 0.230. The molecule has 0 fully saturated rings. The first-order valence-corrected chi connectivity index (χ1v) is 12.8. The summed E-state index contributed by atoms with van der Waals surface area (Å²) < 4.78 is 0. The molecule has 0 aliphatic carbocycles. The zero-order valence-corrected chi connectivity index (χ0v) is 21.4. The van der Waals surface area contributed by atoms with Crippen molar-refractivity contribution in [2.24, 2.45) is 0 Å². The van der Waals surface area contributed by atoms with E-state index in [0.717, 1.165) is 17.8 Å². The topological polar surface area (TPSA) is 3.24 Å². The summed E-state index contributed by atoms with van der Waals surface area (Å²) in [5.41, 5.74) is 9.85. The lowest BCUT2D eigenvalue weighted by Gasteiger charge is -2.29. The van der Waals surface area contributed by atoms with Crippen molar-refractivity contribution < 1.29 is 0 Å². The van der Waals surface area contributed by atoms with Gasteiger partial charge >= 0.3 is 0 Å². The molecule has 0 aromatic heterocycles. The van der Waals surface area contributed by atoms with Gasteiger partial charge in [-0.1, -0.05) is 118 Å². The van der Waals surface area contributed by atoms with Gasteiger partial charge < -0.3 is 4.90 Å². The van der Waals surface area contributed by atoms with Gasteiger partial charge in [0.2, 0.25) is 0 Å². The summed E-state index contributed by atoms with van der Waals surface area (Å²) in [5, 5.41) is 0. The second-order valence-corrected chi connectivity index (χ2v) is 9.95. The summed E-state index contributed by atoms with van der Waals surface area (Å²) in [4.78, 5) is 2.36. The van der Waals surface area contributed by atoms with Gasteiger partial charge in [0.15, 0.2) is 0 Å². The average molecular weight is 468 g/mol. The second kappa shape index (κ2) is 10.3. The molecule has 1 heteroatoms. The molecule has 0 amide bonds. The maximum Gasteiger partial charge on any atom is 0.0464 e. The highest BCUT2D eigenvalue weighted by atomic mass is 15.1. The third kappa shape index (κ3) is 4.97.